The Morgan fingerprint density at radius 1 is 1.00 bits per heavy atom. The Kier molecular flexibility index (Phi) is 8.10. The van der Waals surface area contributed by atoms with E-state index in [4.69, 9.17) is 0 Å². The Hall–Kier alpha value is -3.19. The van der Waals surface area contributed by atoms with Gasteiger partial charge in [-0.25, -0.2) is 9.18 Å². The first kappa shape index (κ1) is 25.4. The molecule has 7 heteroatoms. The van der Waals surface area contributed by atoms with Gasteiger partial charge in [0.15, 0.2) is 0 Å². The van der Waals surface area contributed by atoms with E-state index in [1.54, 1.807) is 10.6 Å². The van der Waals surface area contributed by atoms with Crippen LogP contribution in [0.3, 0.4) is 0 Å². The monoisotopic (exact) mass is 467 g/mol. The summed E-state index contributed by atoms with van der Waals surface area (Å²) in [6.45, 7) is 14.4. The van der Waals surface area contributed by atoms with Crippen molar-refractivity contribution < 1.29 is 14.3 Å². The minimum Gasteiger partial charge on any atom is -0.477 e. The molecule has 0 atom stereocenters. The second-order valence-electron chi connectivity index (χ2n) is 8.54. The van der Waals surface area contributed by atoms with E-state index in [1.807, 2.05) is 25.7 Å². The van der Waals surface area contributed by atoms with Gasteiger partial charge >= 0.3 is 5.97 Å². The maximum Gasteiger partial charge on any atom is 0.341 e. The fourth-order valence-corrected chi connectivity index (χ4v) is 4.62. The Balaban J connectivity index is 0.00000158. The topological polar surface area (TPSA) is 65.8 Å². The first-order valence-corrected chi connectivity index (χ1v) is 11.9. The number of rotatable bonds is 5. The molecule has 3 aromatic rings. The molecule has 0 saturated carbocycles. The predicted molar refractivity (Wildman–Crippen MR) is 136 cm³/mol. The average Bonchev–Trinajstić information content (AvgIpc) is 2.80. The maximum atomic E-state index is 15.0. The van der Waals surface area contributed by atoms with Crippen LogP contribution in [0.4, 0.5) is 10.1 Å². The molecule has 6 nitrogen and oxygen atoms in total. The van der Waals surface area contributed by atoms with Gasteiger partial charge in [-0.2, -0.15) is 0 Å². The summed E-state index contributed by atoms with van der Waals surface area (Å²) in [5, 5.41) is 9.41. The van der Waals surface area contributed by atoms with Gasteiger partial charge in [0.1, 0.15) is 11.4 Å². The van der Waals surface area contributed by atoms with Crippen LogP contribution in [0.25, 0.3) is 10.9 Å². The van der Waals surface area contributed by atoms with Crippen LogP contribution in [0, 0.1) is 19.7 Å². The lowest BCUT2D eigenvalue weighted by Gasteiger charge is -2.36. The minimum atomic E-state index is -1.30. The number of aromatic carboxylic acids is 1. The van der Waals surface area contributed by atoms with Gasteiger partial charge in [-0.3, -0.25) is 9.69 Å². The Morgan fingerprint density at radius 2 is 1.62 bits per heavy atom. The smallest absolute Gasteiger partial charge is 0.341 e. The summed E-state index contributed by atoms with van der Waals surface area (Å²) < 4.78 is 16.7. The molecule has 0 bridgehead atoms. The van der Waals surface area contributed by atoms with Crippen LogP contribution in [0.15, 0.2) is 41.3 Å². The third kappa shape index (κ3) is 5.30. The van der Waals surface area contributed by atoms with Gasteiger partial charge in [0.05, 0.1) is 11.2 Å². The van der Waals surface area contributed by atoms with Gasteiger partial charge in [-0.05, 0) is 38.5 Å². The van der Waals surface area contributed by atoms with E-state index in [2.05, 4.69) is 36.9 Å². The SMILES string of the molecule is CC.CCn1cc(C(=O)O)c(=O)c2cc(F)c(N3CCN(Cc4cc(C)cc(C)c4)CC3)cc21. The van der Waals surface area contributed by atoms with Crippen molar-refractivity contribution in [2.24, 2.45) is 0 Å². The largest absolute Gasteiger partial charge is 0.477 e. The molecule has 1 aromatic heterocycles. The molecule has 182 valence electrons. The molecule has 1 N–H and O–H groups in total. The van der Waals surface area contributed by atoms with E-state index in [-0.39, 0.29) is 10.9 Å². The number of aromatic nitrogens is 1. The lowest BCUT2D eigenvalue weighted by atomic mass is 10.1. The van der Waals surface area contributed by atoms with Gasteiger partial charge in [-0.15, -0.1) is 0 Å². The van der Waals surface area contributed by atoms with Crippen molar-refractivity contribution in [1.82, 2.24) is 9.47 Å². The molecule has 1 fully saturated rings. The summed E-state index contributed by atoms with van der Waals surface area (Å²) in [7, 11) is 0. The summed E-state index contributed by atoms with van der Waals surface area (Å²) in [5.41, 5.74) is 3.81. The van der Waals surface area contributed by atoms with Gasteiger partial charge in [0, 0.05) is 50.9 Å². The molecule has 2 aromatic carbocycles. The summed E-state index contributed by atoms with van der Waals surface area (Å²) >= 11 is 0. The number of aryl methyl sites for hydroxylation is 3. The van der Waals surface area contributed by atoms with Crippen LogP contribution < -0.4 is 10.3 Å². The summed E-state index contributed by atoms with van der Waals surface area (Å²) in [6.07, 6.45) is 1.34. The number of anilines is 1. The molecule has 1 saturated heterocycles. The predicted octanol–water partition coefficient (Wildman–Crippen LogP) is 4.82. The number of hydrogen-bond acceptors (Lipinski definition) is 4. The molecule has 0 unspecified atom stereocenters. The van der Waals surface area contributed by atoms with Crippen molar-refractivity contribution in [3.05, 3.63) is 74.8 Å². The van der Waals surface area contributed by atoms with Gasteiger partial charge in [0.25, 0.3) is 0 Å². The molecular formula is C27H34FN3O3. The van der Waals surface area contributed by atoms with Crippen molar-refractivity contribution in [3.8, 4) is 0 Å². The van der Waals surface area contributed by atoms with Gasteiger partial charge in [0.2, 0.25) is 5.43 Å². The molecule has 0 aliphatic carbocycles. The van der Waals surface area contributed by atoms with E-state index in [0.717, 1.165) is 19.6 Å². The number of halogens is 1. The molecule has 0 spiro atoms. The number of carbonyl (C=O) groups is 1. The van der Waals surface area contributed by atoms with Crippen LogP contribution in [0.5, 0.6) is 0 Å². The van der Waals surface area contributed by atoms with Crippen LogP contribution in [-0.4, -0.2) is 46.7 Å². The van der Waals surface area contributed by atoms with Crippen LogP contribution in [-0.2, 0) is 13.1 Å². The van der Waals surface area contributed by atoms with E-state index >= 15 is 4.39 Å². The molecule has 34 heavy (non-hydrogen) atoms. The van der Waals surface area contributed by atoms with Crippen LogP contribution >= 0.6 is 0 Å². The highest BCUT2D eigenvalue weighted by Gasteiger charge is 2.22. The first-order chi connectivity index (χ1) is 16.3. The minimum absolute atomic E-state index is 0.0986. The van der Waals surface area contributed by atoms with Crippen molar-refractivity contribution in [2.75, 3.05) is 31.1 Å². The zero-order chi connectivity index (χ0) is 25.0. The summed E-state index contributed by atoms with van der Waals surface area (Å²) in [4.78, 5) is 28.3. The number of fused-ring (bicyclic) bond motifs is 1. The molecule has 4 rings (SSSR count). The number of benzene rings is 2. The number of nitrogens with zero attached hydrogens (tertiary/aromatic N) is 3. The fraction of sp³-hybridized carbons (Fsp3) is 0.407. The van der Waals surface area contributed by atoms with Crippen molar-refractivity contribution in [3.63, 3.8) is 0 Å². The average molecular weight is 468 g/mol. The number of carboxylic acids is 1. The number of carboxylic acid groups (broad SMARTS) is 1. The lowest BCUT2D eigenvalue weighted by Crippen LogP contribution is -2.46. The van der Waals surface area contributed by atoms with E-state index in [0.29, 0.717) is 30.8 Å². The Bertz CT molecular complexity index is 1220. The quantitative estimate of drug-likeness (QED) is 0.583. The number of hydrogen-bond donors (Lipinski definition) is 1. The van der Waals surface area contributed by atoms with Crippen LogP contribution in [0.2, 0.25) is 0 Å². The van der Waals surface area contributed by atoms with Crippen molar-refractivity contribution in [1.29, 1.82) is 0 Å². The molecule has 1 aliphatic rings. The van der Waals surface area contributed by atoms with Gasteiger partial charge < -0.3 is 14.6 Å². The van der Waals surface area contributed by atoms with Crippen molar-refractivity contribution in [2.45, 2.75) is 47.7 Å². The fourth-order valence-electron chi connectivity index (χ4n) is 4.62. The maximum absolute atomic E-state index is 15.0. The van der Waals surface area contributed by atoms with Gasteiger partial charge in [-0.1, -0.05) is 43.2 Å². The highest BCUT2D eigenvalue weighted by Crippen LogP contribution is 2.27. The first-order valence-electron chi connectivity index (χ1n) is 11.9. The molecular weight excluding hydrogens is 433 g/mol. The molecule has 0 radical (unpaired) electrons. The molecule has 2 heterocycles. The summed E-state index contributed by atoms with van der Waals surface area (Å²) in [5.74, 6) is -1.80. The Morgan fingerprint density at radius 3 is 2.18 bits per heavy atom. The van der Waals surface area contributed by atoms with E-state index in [9.17, 15) is 14.7 Å². The summed E-state index contributed by atoms with van der Waals surface area (Å²) in [6, 6.07) is 9.45. The van der Waals surface area contributed by atoms with E-state index < -0.39 is 17.2 Å². The highest BCUT2D eigenvalue weighted by molar-refractivity contribution is 5.93. The normalized spacial score (nSPS) is 14.1. The zero-order valence-electron chi connectivity index (χ0n) is 20.7. The zero-order valence-corrected chi connectivity index (χ0v) is 20.7. The van der Waals surface area contributed by atoms with E-state index in [1.165, 1.54) is 29.0 Å². The number of pyridine rings is 1. The molecule has 1 aliphatic heterocycles. The molecule has 0 amide bonds. The second-order valence-corrected chi connectivity index (χ2v) is 8.54. The van der Waals surface area contributed by atoms with Crippen molar-refractivity contribution >= 4 is 22.6 Å². The second kappa shape index (κ2) is 10.8. The van der Waals surface area contributed by atoms with Crippen LogP contribution in [0.1, 0.15) is 47.8 Å². The Labute approximate surface area is 200 Å². The highest BCUT2D eigenvalue weighted by atomic mass is 19.1. The standard InChI is InChI=1S/C25H28FN3O3.C2H6/c1-4-28-15-20(25(31)32)24(30)19-12-21(26)23(13-22(19)28)29-7-5-27(6-8-29)14-18-10-16(2)9-17(3)11-18;1-2/h9-13,15H,4-8,14H2,1-3H3,(H,31,32);1-2H3. The third-order valence-corrected chi connectivity index (χ3v) is 6.12. The number of piperazine rings is 1. The lowest BCUT2D eigenvalue weighted by molar-refractivity contribution is 0.0695. The third-order valence-electron chi connectivity index (χ3n) is 6.12.